The molecule has 1 aliphatic rings. The normalized spacial score (nSPS) is 16.1. The van der Waals surface area contributed by atoms with Crippen LogP contribution in [0.2, 0.25) is 0 Å². The van der Waals surface area contributed by atoms with Gasteiger partial charge in [-0.1, -0.05) is 73.7 Å². The summed E-state index contributed by atoms with van der Waals surface area (Å²) in [6.45, 7) is 2.47. The van der Waals surface area contributed by atoms with E-state index in [1.54, 1.807) is 0 Å². The monoisotopic (exact) mass is 330 g/mol. The third-order valence-electron chi connectivity index (χ3n) is 4.80. The van der Waals surface area contributed by atoms with Crippen LogP contribution >= 0.6 is 0 Å². The van der Waals surface area contributed by atoms with E-state index in [1.165, 1.54) is 22.3 Å². The van der Waals surface area contributed by atoms with Gasteiger partial charge < -0.3 is 9.47 Å². The average molecular weight is 330 g/mol. The molecule has 2 nitrogen and oxygen atoms in total. The molecule has 0 amide bonds. The topological polar surface area (TPSA) is 18.5 Å². The van der Waals surface area contributed by atoms with Crippen molar-refractivity contribution in [3.8, 4) is 5.75 Å². The Morgan fingerprint density at radius 2 is 1.64 bits per heavy atom. The van der Waals surface area contributed by atoms with E-state index in [2.05, 4.69) is 67.6 Å². The Morgan fingerprint density at radius 1 is 0.840 bits per heavy atom. The molecule has 1 atom stereocenters. The summed E-state index contributed by atoms with van der Waals surface area (Å²) >= 11 is 0. The fraction of sp³-hybridized carbons (Fsp3) is 0.217. The number of aryl methyl sites for hydroxylation is 1. The van der Waals surface area contributed by atoms with Gasteiger partial charge in [0.15, 0.2) is 6.79 Å². The fourth-order valence-electron chi connectivity index (χ4n) is 3.42. The second-order valence-corrected chi connectivity index (χ2v) is 6.40. The van der Waals surface area contributed by atoms with Gasteiger partial charge in [0.2, 0.25) is 0 Å². The highest BCUT2D eigenvalue weighted by molar-refractivity contribution is 5.48. The molecular formula is C23H22O2. The van der Waals surface area contributed by atoms with Gasteiger partial charge >= 0.3 is 0 Å². The molecule has 1 aliphatic heterocycles. The van der Waals surface area contributed by atoms with Crippen LogP contribution in [0.5, 0.6) is 5.75 Å². The summed E-state index contributed by atoms with van der Waals surface area (Å²) in [5.74, 6) is 0.934. The standard InChI is InChI=1S/C23H22O2/c1-2-17-11-13-19(14-12-17)23-22-20(15-18-7-4-3-5-8-18)9-6-10-21(22)24-16-25-23/h3-14,23H,2,15-16H2,1H3. The van der Waals surface area contributed by atoms with E-state index in [0.29, 0.717) is 6.79 Å². The van der Waals surface area contributed by atoms with E-state index in [1.807, 2.05) is 12.1 Å². The van der Waals surface area contributed by atoms with Gasteiger partial charge in [-0.05, 0) is 41.2 Å². The molecule has 1 unspecified atom stereocenters. The minimum Gasteiger partial charge on any atom is -0.467 e. The quantitative estimate of drug-likeness (QED) is 0.646. The van der Waals surface area contributed by atoms with Crippen LogP contribution in [0, 0.1) is 0 Å². The molecule has 3 aromatic rings. The minimum atomic E-state index is -0.0745. The lowest BCUT2D eigenvalue weighted by Gasteiger charge is -2.29. The molecule has 0 saturated carbocycles. The largest absolute Gasteiger partial charge is 0.467 e. The third-order valence-corrected chi connectivity index (χ3v) is 4.80. The van der Waals surface area contributed by atoms with Gasteiger partial charge in [-0.15, -0.1) is 0 Å². The van der Waals surface area contributed by atoms with E-state index in [9.17, 15) is 0 Å². The first-order valence-corrected chi connectivity index (χ1v) is 8.84. The molecule has 0 fully saturated rings. The molecule has 126 valence electrons. The molecule has 0 aromatic heterocycles. The second-order valence-electron chi connectivity index (χ2n) is 6.40. The van der Waals surface area contributed by atoms with Gasteiger partial charge in [0.25, 0.3) is 0 Å². The number of hydrogen-bond donors (Lipinski definition) is 0. The zero-order valence-corrected chi connectivity index (χ0v) is 14.4. The van der Waals surface area contributed by atoms with Crippen molar-refractivity contribution >= 4 is 0 Å². The van der Waals surface area contributed by atoms with Crippen LogP contribution in [0.15, 0.2) is 72.8 Å². The van der Waals surface area contributed by atoms with Gasteiger partial charge in [-0.2, -0.15) is 0 Å². The Balaban J connectivity index is 1.74. The molecule has 0 saturated heterocycles. The SMILES string of the molecule is CCc1ccc(C2OCOc3cccc(Cc4ccccc4)c32)cc1. The summed E-state index contributed by atoms with van der Waals surface area (Å²) < 4.78 is 11.8. The van der Waals surface area contributed by atoms with Crippen molar-refractivity contribution in [1.29, 1.82) is 0 Å². The Morgan fingerprint density at radius 3 is 2.40 bits per heavy atom. The molecule has 4 rings (SSSR count). The molecule has 0 spiro atoms. The maximum atomic E-state index is 6.02. The molecule has 0 N–H and O–H groups in total. The highest BCUT2D eigenvalue weighted by Gasteiger charge is 2.26. The van der Waals surface area contributed by atoms with Crippen molar-refractivity contribution in [2.24, 2.45) is 0 Å². The number of ether oxygens (including phenoxy) is 2. The van der Waals surface area contributed by atoms with Crippen molar-refractivity contribution in [2.75, 3.05) is 6.79 Å². The summed E-state index contributed by atoms with van der Waals surface area (Å²) in [5.41, 5.74) is 6.23. The number of hydrogen-bond acceptors (Lipinski definition) is 2. The Kier molecular flexibility index (Phi) is 4.53. The summed E-state index contributed by atoms with van der Waals surface area (Å²) in [4.78, 5) is 0. The first kappa shape index (κ1) is 15.9. The summed E-state index contributed by atoms with van der Waals surface area (Å²) in [5, 5.41) is 0. The molecular weight excluding hydrogens is 308 g/mol. The predicted molar refractivity (Wildman–Crippen MR) is 99.9 cm³/mol. The Hall–Kier alpha value is -2.58. The summed E-state index contributed by atoms with van der Waals surface area (Å²) in [6.07, 6.45) is 1.85. The lowest BCUT2D eigenvalue weighted by atomic mass is 9.91. The molecule has 0 radical (unpaired) electrons. The van der Waals surface area contributed by atoms with E-state index in [-0.39, 0.29) is 6.10 Å². The van der Waals surface area contributed by atoms with Gasteiger partial charge in [0.05, 0.1) is 0 Å². The summed E-state index contributed by atoms with van der Waals surface area (Å²) in [7, 11) is 0. The van der Waals surface area contributed by atoms with Crippen molar-refractivity contribution in [2.45, 2.75) is 25.9 Å². The average Bonchev–Trinajstić information content (AvgIpc) is 2.69. The highest BCUT2D eigenvalue weighted by atomic mass is 16.7. The van der Waals surface area contributed by atoms with Crippen LogP contribution in [0.3, 0.4) is 0 Å². The zero-order valence-electron chi connectivity index (χ0n) is 14.4. The Labute approximate surface area is 149 Å². The van der Waals surface area contributed by atoms with E-state index in [4.69, 9.17) is 9.47 Å². The molecule has 1 heterocycles. The fourth-order valence-corrected chi connectivity index (χ4v) is 3.42. The molecule has 25 heavy (non-hydrogen) atoms. The van der Waals surface area contributed by atoms with Gasteiger partial charge in [0.1, 0.15) is 11.9 Å². The van der Waals surface area contributed by atoms with Crippen LogP contribution in [0.25, 0.3) is 0 Å². The van der Waals surface area contributed by atoms with E-state index < -0.39 is 0 Å². The highest BCUT2D eigenvalue weighted by Crippen LogP contribution is 2.39. The Bertz CT molecular complexity index is 838. The van der Waals surface area contributed by atoms with Crippen LogP contribution in [0.1, 0.15) is 40.8 Å². The molecule has 3 aromatic carbocycles. The maximum absolute atomic E-state index is 6.02. The van der Waals surface area contributed by atoms with E-state index >= 15 is 0 Å². The van der Waals surface area contributed by atoms with Crippen molar-refractivity contribution in [3.05, 3.63) is 101 Å². The second kappa shape index (κ2) is 7.12. The zero-order chi connectivity index (χ0) is 17.1. The number of fused-ring (bicyclic) bond motifs is 1. The van der Waals surface area contributed by atoms with Crippen LogP contribution in [-0.2, 0) is 17.6 Å². The van der Waals surface area contributed by atoms with E-state index in [0.717, 1.165) is 24.2 Å². The predicted octanol–water partition coefficient (Wildman–Crippen LogP) is 5.30. The number of rotatable bonds is 4. The van der Waals surface area contributed by atoms with Crippen molar-refractivity contribution < 1.29 is 9.47 Å². The maximum Gasteiger partial charge on any atom is 0.190 e. The minimum absolute atomic E-state index is 0.0745. The van der Waals surface area contributed by atoms with Gasteiger partial charge in [-0.25, -0.2) is 0 Å². The molecule has 0 bridgehead atoms. The van der Waals surface area contributed by atoms with Crippen LogP contribution < -0.4 is 4.74 Å². The van der Waals surface area contributed by atoms with Crippen LogP contribution in [-0.4, -0.2) is 6.79 Å². The first-order valence-electron chi connectivity index (χ1n) is 8.84. The molecule has 2 heteroatoms. The smallest absolute Gasteiger partial charge is 0.190 e. The van der Waals surface area contributed by atoms with Crippen LogP contribution in [0.4, 0.5) is 0 Å². The summed E-state index contributed by atoms with van der Waals surface area (Å²) in [6, 6.07) is 25.6. The third kappa shape index (κ3) is 3.31. The number of benzene rings is 3. The lowest BCUT2D eigenvalue weighted by molar-refractivity contribution is -0.0423. The van der Waals surface area contributed by atoms with Crippen molar-refractivity contribution in [3.63, 3.8) is 0 Å². The molecule has 0 aliphatic carbocycles. The van der Waals surface area contributed by atoms with Crippen molar-refractivity contribution in [1.82, 2.24) is 0 Å². The lowest BCUT2D eigenvalue weighted by Crippen LogP contribution is -2.20. The first-order chi connectivity index (χ1) is 12.3. The van der Waals surface area contributed by atoms with Gasteiger partial charge in [0, 0.05) is 5.56 Å². The van der Waals surface area contributed by atoms with Gasteiger partial charge in [-0.3, -0.25) is 0 Å².